The van der Waals surface area contributed by atoms with E-state index in [1.54, 1.807) is 18.4 Å². The average molecular weight is 402 g/mol. The number of ether oxygens (including phenoxy) is 1. The molecule has 6 nitrogen and oxygen atoms in total. The van der Waals surface area contributed by atoms with Gasteiger partial charge in [0.2, 0.25) is 5.91 Å². The number of thiophene rings is 1. The molecule has 0 atom stereocenters. The third-order valence-corrected chi connectivity index (χ3v) is 5.66. The molecule has 1 aliphatic heterocycles. The fraction of sp³-hybridized carbons (Fsp3) is 0.429. The maximum Gasteiger partial charge on any atom is 0.254 e. The Hall–Kier alpha value is -2.38. The van der Waals surface area contributed by atoms with Gasteiger partial charge in [0.25, 0.3) is 5.91 Å². The van der Waals surface area contributed by atoms with E-state index in [9.17, 15) is 9.59 Å². The number of hydrogen-bond donors (Lipinski definition) is 1. The summed E-state index contributed by atoms with van der Waals surface area (Å²) in [7, 11) is 1.64. The summed E-state index contributed by atoms with van der Waals surface area (Å²) in [4.78, 5) is 28.6. The highest BCUT2D eigenvalue weighted by Crippen LogP contribution is 2.13. The van der Waals surface area contributed by atoms with Gasteiger partial charge in [-0.2, -0.15) is 11.3 Å². The van der Waals surface area contributed by atoms with Crippen LogP contribution < -0.4 is 10.1 Å². The second kappa shape index (κ2) is 10.2. The van der Waals surface area contributed by atoms with Crippen LogP contribution in [0.5, 0.6) is 5.75 Å². The Kier molecular flexibility index (Phi) is 7.45. The first kappa shape index (κ1) is 20.4. The lowest BCUT2D eigenvalue weighted by Gasteiger charge is -2.34. The number of hydrogen-bond acceptors (Lipinski definition) is 5. The van der Waals surface area contributed by atoms with Crippen LogP contribution in [0.3, 0.4) is 0 Å². The molecule has 7 heteroatoms. The van der Waals surface area contributed by atoms with E-state index in [0.717, 1.165) is 56.0 Å². The second-order valence-electron chi connectivity index (χ2n) is 6.84. The van der Waals surface area contributed by atoms with Gasteiger partial charge < -0.3 is 15.0 Å². The summed E-state index contributed by atoms with van der Waals surface area (Å²) >= 11 is 1.55. The van der Waals surface area contributed by atoms with Crippen LogP contribution in [0.4, 0.5) is 0 Å². The summed E-state index contributed by atoms with van der Waals surface area (Å²) in [5, 5.41) is 6.83. The molecule has 0 spiro atoms. The standard InChI is InChI=1S/C21H27N3O3S/c1-27-19-5-2-17(3-6-19)4-7-20(25)22-9-10-23-11-13-24(14-12-23)21(26)18-8-15-28-16-18/h2-3,5-6,8,15-16H,4,7,9-14H2,1H3,(H,22,25). The molecule has 2 aromatic rings. The van der Waals surface area contributed by atoms with Crippen LogP contribution in [0, 0.1) is 0 Å². The minimum atomic E-state index is 0.0714. The number of methoxy groups -OCH3 is 1. The molecule has 0 aliphatic carbocycles. The number of benzene rings is 1. The van der Waals surface area contributed by atoms with Crippen molar-refractivity contribution in [1.29, 1.82) is 0 Å². The molecule has 3 rings (SSSR count). The Morgan fingerprint density at radius 1 is 1.11 bits per heavy atom. The maximum atomic E-state index is 12.3. The van der Waals surface area contributed by atoms with Gasteiger partial charge in [-0.1, -0.05) is 12.1 Å². The molecular weight excluding hydrogens is 374 g/mol. The molecule has 1 fully saturated rings. The SMILES string of the molecule is COc1ccc(CCC(=O)NCCN2CCN(C(=O)c3ccsc3)CC2)cc1. The van der Waals surface area contributed by atoms with E-state index in [1.165, 1.54) is 0 Å². The van der Waals surface area contributed by atoms with Crippen molar-refractivity contribution in [3.63, 3.8) is 0 Å². The fourth-order valence-corrected chi connectivity index (χ4v) is 3.86. The quantitative estimate of drug-likeness (QED) is 0.737. The van der Waals surface area contributed by atoms with Crippen molar-refractivity contribution in [3.8, 4) is 5.75 Å². The van der Waals surface area contributed by atoms with Crippen molar-refractivity contribution in [2.75, 3.05) is 46.4 Å². The molecule has 1 aliphatic rings. The number of nitrogens with one attached hydrogen (secondary N) is 1. The van der Waals surface area contributed by atoms with Gasteiger partial charge in [0.15, 0.2) is 0 Å². The van der Waals surface area contributed by atoms with E-state index in [4.69, 9.17) is 4.74 Å². The van der Waals surface area contributed by atoms with Crippen molar-refractivity contribution < 1.29 is 14.3 Å². The van der Waals surface area contributed by atoms with E-state index >= 15 is 0 Å². The molecule has 0 radical (unpaired) electrons. The van der Waals surface area contributed by atoms with Crippen molar-refractivity contribution in [2.45, 2.75) is 12.8 Å². The monoisotopic (exact) mass is 401 g/mol. The first-order valence-electron chi connectivity index (χ1n) is 9.59. The summed E-state index contributed by atoms with van der Waals surface area (Å²) in [5.41, 5.74) is 1.91. The van der Waals surface area contributed by atoms with Gasteiger partial charge in [-0.3, -0.25) is 14.5 Å². The van der Waals surface area contributed by atoms with Crippen LogP contribution in [0.25, 0.3) is 0 Å². The fourth-order valence-electron chi connectivity index (χ4n) is 3.24. The largest absolute Gasteiger partial charge is 0.497 e. The van der Waals surface area contributed by atoms with Gasteiger partial charge in [-0.05, 0) is 35.6 Å². The molecule has 0 saturated carbocycles. The molecule has 2 heterocycles. The van der Waals surface area contributed by atoms with Gasteiger partial charge in [0.05, 0.1) is 12.7 Å². The van der Waals surface area contributed by atoms with Gasteiger partial charge in [0, 0.05) is 51.1 Å². The average Bonchev–Trinajstić information content (AvgIpc) is 3.27. The van der Waals surface area contributed by atoms with Crippen LogP contribution in [-0.2, 0) is 11.2 Å². The third-order valence-electron chi connectivity index (χ3n) is 4.98. The number of carbonyl (C=O) groups excluding carboxylic acids is 2. The van der Waals surface area contributed by atoms with Crippen LogP contribution in [0.1, 0.15) is 22.3 Å². The van der Waals surface area contributed by atoms with Crippen LogP contribution in [-0.4, -0.2) is 68.0 Å². The number of carbonyl (C=O) groups is 2. The number of piperazine rings is 1. The van der Waals surface area contributed by atoms with Crippen LogP contribution in [0.15, 0.2) is 41.1 Å². The molecule has 0 unspecified atom stereocenters. The molecule has 1 aromatic heterocycles. The second-order valence-corrected chi connectivity index (χ2v) is 7.62. The number of rotatable bonds is 8. The molecule has 1 saturated heterocycles. The lowest BCUT2D eigenvalue weighted by molar-refractivity contribution is -0.121. The normalized spacial score (nSPS) is 14.7. The third kappa shape index (κ3) is 5.81. The molecule has 0 bridgehead atoms. The summed E-state index contributed by atoms with van der Waals surface area (Å²) in [6.45, 7) is 4.62. The zero-order valence-corrected chi connectivity index (χ0v) is 17.0. The molecular formula is C21H27N3O3S. The Morgan fingerprint density at radius 3 is 2.50 bits per heavy atom. The van der Waals surface area contributed by atoms with Crippen molar-refractivity contribution in [2.24, 2.45) is 0 Å². The lowest BCUT2D eigenvalue weighted by Crippen LogP contribution is -2.50. The van der Waals surface area contributed by atoms with E-state index in [1.807, 2.05) is 46.0 Å². The minimum absolute atomic E-state index is 0.0714. The van der Waals surface area contributed by atoms with Gasteiger partial charge in [-0.15, -0.1) is 0 Å². The zero-order valence-electron chi connectivity index (χ0n) is 16.2. The van der Waals surface area contributed by atoms with Gasteiger partial charge in [-0.25, -0.2) is 0 Å². The lowest BCUT2D eigenvalue weighted by atomic mass is 10.1. The highest BCUT2D eigenvalue weighted by atomic mass is 32.1. The Bertz CT molecular complexity index is 754. The number of aryl methyl sites for hydroxylation is 1. The number of amides is 2. The maximum absolute atomic E-state index is 12.3. The van der Waals surface area contributed by atoms with Gasteiger partial charge >= 0.3 is 0 Å². The number of nitrogens with zero attached hydrogens (tertiary/aromatic N) is 2. The smallest absolute Gasteiger partial charge is 0.254 e. The summed E-state index contributed by atoms with van der Waals surface area (Å²) in [6.07, 6.45) is 1.20. The first-order valence-corrected chi connectivity index (χ1v) is 10.5. The minimum Gasteiger partial charge on any atom is -0.497 e. The Morgan fingerprint density at radius 2 is 1.86 bits per heavy atom. The molecule has 28 heavy (non-hydrogen) atoms. The van der Waals surface area contributed by atoms with E-state index in [-0.39, 0.29) is 11.8 Å². The summed E-state index contributed by atoms with van der Waals surface area (Å²) in [6, 6.07) is 9.68. The molecule has 150 valence electrons. The van der Waals surface area contributed by atoms with Crippen molar-refractivity contribution in [3.05, 3.63) is 52.2 Å². The van der Waals surface area contributed by atoms with E-state index < -0.39 is 0 Å². The Balaban J connectivity index is 1.30. The predicted molar refractivity (Wildman–Crippen MR) is 111 cm³/mol. The van der Waals surface area contributed by atoms with Crippen LogP contribution >= 0.6 is 11.3 Å². The van der Waals surface area contributed by atoms with Gasteiger partial charge in [0.1, 0.15) is 5.75 Å². The van der Waals surface area contributed by atoms with Crippen LogP contribution in [0.2, 0.25) is 0 Å². The topological polar surface area (TPSA) is 61.9 Å². The molecule has 2 amide bonds. The Labute approximate surface area is 170 Å². The van der Waals surface area contributed by atoms with E-state index in [2.05, 4.69) is 10.2 Å². The van der Waals surface area contributed by atoms with Crippen molar-refractivity contribution >= 4 is 23.2 Å². The molecule has 1 N–H and O–H groups in total. The highest BCUT2D eigenvalue weighted by Gasteiger charge is 2.22. The predicted octanol–water partition coefficient (Wildman–Crippen LogP) is 2.26. The first-order chi connectivity index (χ1) is 13.7. The van der Waals surface area contributed by atoms with E-state index in [0.29, 0.717) is 13.0 Å². The summed E-state index contributed by atoms with van der Waals surface area (Å²) in [5.74, 6) is 1.01. The molecule has 1 aromatic carbocycles. The van der Waals surface area contributed by atoms with Crippen molar-refractivity contribution in [1.82, 2.24) is 15.1 Å². The highest BCUT2D eigenvalue weighted by molar-refractivity contribution is 7.08. The summed E-state index contributed by atoms with van der Waals surface area (Å²) < 4.78 is 5.14. The zero-order chi connectivity index (χ0) is 19.8.